The van der Waals surface area contributed by atoms with Gasteiger partial charge in [-0.05, 0) is 37.2 Å². The molecule has 3 fully saturated rings. The van der Waals surface area contributed by atoms with Gasteiger partial charge >= 0.3 is 0 Å². The van der Waals surface area contributed by atoms with Gasteiger partial charge < -0.3 is 15.0 Å². The summed E-state index contributed by atoms with van der Waals surface area (Å²) < 4.78 is 6.16. The lowest BCUT2D eigenvalue weighted by Crippen LogP contribution is -2.31. The van der Waals surface area contributed by atoms with Crippen molar-refractivity contribution in [2.45, 2.75) is 44.3 Å². The molecule has 0 bridgehead atoms. The van der Waals surface area contributed by atoms with Gasteiger partial charge in [0.05, 0.1) is 18.6 Å². The smallest absolute Gasteiger partial charge is 0.222 e. The van der Waals surface area contributed by atoms with E-state index in [0.29, 0.717) is 18.4 Å². The van der Waals surface area contributed by atoms with Crippen LogP contribution in [-0.2, 0) is 16.0 Å². The summed E-state index contributed by atoms with van der Waals surface area (Å²) in [7, 11) is 0. The molecule has 1 aromatic carbocycles. The third kappa shape index (κ3) is 4.17. The quantitative estimate of drug-likeness (QED) is 0.834. The predicted molar refractivity (Wildman–Crippen MR) is 93.7 cm³/mol. The van der Waals surface area contributed by atoms with Crippen molar-refractivity contribution in [1.29, 1.82) is 0 Å². The number of rotatable bonds is 7. The first-order chi connectivity index (χ1) is 11.8. The first-order valence-electron chi connectivity index (χ1n) is 9.44. The third-order valence-corrected chi connectivity index (χ3v) is 5.65. The van der Waals surface area contributed by atoms with Crippen molar-refractivity contribution in [2.24, 2.45) is 11.8 Å². The number of nitrogens with zero attached hydrogens (tertiary/aromatic N) is 1. The second-order valence-corrected chi connectivity index (χ2v) is 7.74. The highest BCUT2D eigenvalue weighted by atomic mass is 16.5. The Bertz CT molecular complexity index is 544. The Balaban J connectivity index is 1.17. The van der Waals surface area contributed by atoms with Gasteiger partial charge in [-0.3, -0.25) is 4.79 Å². The largest absolute Gasteiger partial charge is 0.373 e. The molecule has 1 aromatic rings. The number of carbonyl (C=O) groups is 1. The molecule has 0 aromatic heterocycles. The Labute approximate surface area is 144 Å². The minimum absolute atomic E-state index is 0.135. The van der Waals surface area contributed by atoms with E-state index in [1.807, 2.05) is 0 Å². The molecule has 0 unspecified atom stereocenters. The number of ether oxygens (including phenoxy) is 1. The molecule has 1 saturated carbocycles. The molecule has 1 amide bonds. The van der Waals surface area contributed by atoms with Crippen LogP contribution in [0, 0.1) is 11.8 Å². The van der Waals surface area contributed by atoms with Crippen LogP contribution in [-0.4, -0.2) is 49.2 Å². The van der Waals surface area contributed by atoms with Crippen molar-refractivity contribution >= 4 is 5.91 Å². The Kier molecular flexibility index (Phi) is 4.86. The van der Waals surface area contributed by atoms with Crippen LogP contribution < -0.4 is 5.32 Å². The van der Waals surface area contributed by atoms with Crippen LogP contribution in [0.2, 0.25) is 0 Å². The van der Waals surface area contributed by atoms with Gasteiger partial charge in [-0.15, -0.1) is 0 Å². The summed E-state index contributed by atoms with van der Waals surface area (Å²) in [5.74, 6) is 1.53. The number of hydrogen-bond acceptors (Lipinski definition) is 3. The maximum Gasteiger partial charge on any atom is 0.222 e. The Hall–Kier alpha value is -1.39. The fourth-order valence-electron chi connectivity index (χ4n) is 4.05. The van der Waals surface area contributed by atoms with E-state index in [9.17, 15) is 4.79 Å². The Morgan fingerprint density at radius 3 is 2.79 bits per heavy atom. The van der Waals surface area contributed by atoms with Crippen molar-refractivity contribution in [3.05, 3.63) is 35.9 Å². The average molecular weight is 328 g/mol. The van der Waals surface area contributed by atoms with Gasteiger partial charge in [-0.1, -0.05) is 30.3 Å². The highest BCUT2D eigenvalue weighted by Crippen LogP contribution is 2.34. The second kappa shape index (κ2) is 7.24. The number of fused-ring (bicyclic) bond motifs is 1. The van der Waals surface area contributed by atoms with E-state index in [2.05, 4.69) is 40.5 Å². The molecule has 2 aliphatic heterocycles. The van der Waals surface area contributed by atoms with Crippen LogP contribution in [0.3, 0.4) is 0 Å². The van der Waals surface area contributed by atoms with Gasteiger partial charge in [0.1, 0.15) is 0 Å². The first-order valence-corrected chi connectivity index (χ1v) is 9.44. The number of amides is 1. The molecule has 3 aliphatic rings. The van der Waals surface area contributed by atoms with E-state index in [0.717, 1.165) is 44.9 Å². The standard InChI is InChI=1S/C20H28N2O2/c23-20(21-12-16-6-7-16)11-18-10-17-13-22(14-19(17)24-18)9-8-15-4-2-1-3-5-15/h1-5,16-19H,6-14H2,(H,21,23)/t17-,18+,19+/m0/s1. The van der Waals surface area contributed by atoms with Crippen molar-refractivity contribution in [2.75, 3.05) is 26.2 Å². The second-order valence-electron chi connectivity index (χ2n) is 7.74. The lowest BCUT2D eigenvalue weighted by Gasteiger charge is -2.19. The molecule has 4 nitrogen and oxygen atoms in total. The van der Waals surface area contributed by atoms with Gasteiger partial charge in [0.15, 0.2) is 0 Å². The number of carbonyl (C=O) groups excluding carboxylic acids is 1. The number of nitrogens with one attached hydrogen (secondary N) is 1. The monoisotopic (exact) mass is 328 g/mol. The van der Waals surface area contributed by atoms with E-state index < -0.39 is 0 Å². The zero-order valence-electron chi connectivity index (χ0n) is 14.3. The number of likely N-dealkylation sites (tertiary alicyclic amines) is 1. The Morgan fingerprint density at radius 1 is 1.21 bits per heavy atom. The summed E-state index contributed by atoms with van der Waals surface area (Å²) in [6.45, 7) is 4.12. The van der Waals surface area contributed by atoms with Crippen molar-refractivity contribution in [3.8, 4) is 0 Å². The SMILES string of the molecule is O=C(C[C@H]1C[C@H]2CN(CCc3ccccc3)C[C@H]2O1)NCC1CC1. The lowest BCUT2D eigenvalue weighted by molar-refractivity contribution is -0.123. The van der Waals surface area contributed by atoms with Crippen molar-refractivity contribution < 1.29 is 9.53 Å². The molecule has 24 heavy (non-hydrogen) atoms. The molecule has 0 radical (unpaired) electrons. The highest BCUT2D eigenvalue weighted by molar-refractivity contribution is 5.76. The minimum atomic E-state index is 0.135. The molecule has 4 heteroatoms. The molecule has 1 aliphatic carbocycles. The zero-order valence-corrected chi connectivity index (χ0v) is 14.3. The van der Waals surface area contributed by atoms with E-state index in [1.165, 1.54) is 18.4 Å². The van der Waals surface area contributed by atoms with E-state index in [-0.39, 0.29) is 12.0 Å². The van der Waals surface area contributed by atoms with Crippen molar-refractivity contribution in [3.63, 3.8) is 0 Å². The van der Waals surface area contributed by atoms with Gasteiger partial charge in [-0.25, -0.2) is 0 Å². The molecule has 2 heterocycles. The summed E-state index contributed by atoms with van der Waals surface area (Å²) in [6, 6.07) is 10.7. The van der Waals surface area contributed by atoms with E-state index in [4.69, 9.17) is 4.74 Å². The van der Waals surface area contributed by atoms with Crippen LogP contribution in [0.4, 0.5) is 0 Å². The van der Waals surface area contributed by atoms with Gasteiger partial charge in [0.2, 0.25) is 5.91 Å². The molecular formula is C20H28N2O2. The maximum absolute atomic E-state index is 12.0. The molecule has 1 N–H and O–H groups in total. The normalized spacial score (nSPS) is 29.6. The van der Waals surface area contributed by atoms with Crippen LogP contribution in [0.25, 0.3) is 0 Å². The predicted octanol–water partition coefficient (Wildman–Crippen LogP) is 2.23. The molecule has 2 saturated heterocycles. The average Bonchev–Trinajstić information content (AvgIpc) is 3.24. The Morgan fingerprint density at radius 2 is 2.04 bits per heavy atom. The van der Waals surface area contributed by atoms with Crippen LogP contribution in [0.1, 0.15) is 31.2 Å². The van der Waals surface area contributed by atoms with Gasteiger partial charge in [0, 0.05) is 32.1 Å². The molecule has 3 atom stereocenters. The van der Waals surface area contributed by atoms with Gasteiger partial charge in [0.25, 0.3) is 0 Å². The van der Waals surface area contributed by atoms with Crippen LogP contribution >= 0.6 is 0 Å². The zero-order chi connectivity index (χ0) is 16.4. The fraction of sp³-hybridized carbons (Fsp3) is 0.650. The van der Waals surface area contributed by atoms with E-state index >= 15 is 0 Å². The molecule has 130 valence electrons. The fourth-order valence-corrected chi connectivity index (χ4v) is 4.05. The molecule has 0 spiro atoms. The first kappa shape index (κ1) is 16.1. The van der Waals surface area contributed by atoms with Crippen LogP contribution in [0.5, 0.6) is 0 Å². The molecule has 4 rings (SSSR count). The topological polar surface area (TPSA) is 41.6 Å². The van der Waals surface area contributed by atoms with Crippen molar-refractivity contribution in [1.82, 2.24) is 10.2 Å². The summed E-state index contributed by atoms with van der Waals surface area (Å²) in [6.07, 6.45) is 5.73. The number of hydrogen-bond donors (Lipinski definition) is 1. The number of benzene rings is 1. The summed E-state index contributed by atoms with van der Waals surface area (Å²) in [4.78, 5) is 14.5. The lowest BCUT2D eigenvalue weighted by atomic mass is 10.0. The summed E-state index contributed by atoms with van der Waals surface area (Å²) in [5, 5.41) is 3.06. The maximum atomic E-state index is 12.0. The molecular weight excluding hydrogens is 300 g/mol. The van der Waals surface area contributed by atoms with Gasteiger partial charge in [-0.2, -0.15) is 0 Å². The van der Waals surface area contributed by atoms with E-state index in [1.54, 1.807) is 0 Å². The third-order valence-electron chi connectivity index (χ3n) is 5.65. The minimum Gasteiger partial charge on any atom is -0.373 e. The summed E-state index contributed by atoms with van der Waals surface area (Å²) in [5.41, 5.74) is 1.40. The van der Waals surface area contributed by atoms with Crippen LogP contribution in [0.15, 0.2) is 30.3 Å². The highest BCUT2D eigenvalue weighted by Gasteiger charge is 2.42. The summed E-state index contributed by atoms with van der Waals surface area (Å²) >= 11 is 0.